The number of likely N-dealkylation sites (N-methyl/N-ethyl adjacent to an activating group) is 1. The van der Waals surface area contributed by atoms with Crippen LogP contribution in [-0.2, 0) is 9.59 Å². The van der Waals surface area contributed by atoms with Crippen molar-refractivity contribution >= 4 is 28.8 Å². The average molecular weight is 325 g/mol. The summed E-state index contributed by atoms with van der Waals surface area (Å²) < 4.78 is 0. The van der Waals surface area contributed by atoms with Crippen LogP contribution in [0.1, 0.15) is 35.0 Å². The van der Waals surface area contributed by atoms with Crippen molar-refractivity contribution in [2.24, 2.45) is 0 Å². The molecule has 0 radical (unpaired) electrons. The van der Waals surface area contributed by atoms with Gasteiger partial charge in [-0.05, 0) is 18.7 Å². The fourth-order valence-corrected chi connectivity index (χ4v) is 3.26. The quantitative estimate of drug-likeness (QED) is 0.819. The van der Waals surface area contributed by atoms with Gasteiger partial charge in [-0.1, -0.05) is 49.9 Å². The number of carboxylic acids is 2. The van der Waals surface area contributed by atoms with E-state index in [0.717, 1.165) is 25.2 Å². The molecule has 0 saturated heterocycles. The van der Waals surface area contributed by atoms with Crippen molar-refractivity contribution in [2.45, 2.75) is 19.1 Å². The van der Waals surface area contributed by atoms with Crippen molar-refractivity contribution in [3.63, 3.8) is 0 Å². The van der Waals surface area contributed by atoms with Gasteiger partial charge in [0.1, 0.15) is 0 Å². The first-order valence-electron chi connectivity index (χ1n) is 6.89. The number of carbonyl (C=O) groups is 3. The number of fused-ring (bicyclic) bond motifs is 1. The van der Waals surface area contributed by atoms with E-state index < -0.39 is 11.9 Å². The van der Waals surface area contributed by atoms with Crippen LogP contribution in [-0.4, -0.2) is 51.8 Å². The largest absolute Gasteiger partial charge is 0.473 e. The van der Waals surface area contributed by atoms with Crippen molar-refractivity contribution < 1.29 is 24.6 Å². The predicted molar refractivity (Wildman–Crippen MR) is 84.2 cm³/mol. The molecule has 0 bridgehead atoms. The van der Waals surface area contributed by atoms with Crippen molar-refractivity contribution in [1.29, 1.82) is 0 Å². The van der Waals surface area contributed by atoms with Gasteiger partial charge >= 0.3 is 11.9 Å². The van der Waals surface area contributed by atoms with Crippen molar-refractivity contribution in [3.8, 4) is 0 Å². The number of hydrogen-bond acceptors (Lipinski definition) is 5. The topological polar surface area (TPSA) is 94.9 Å². The molecule has 0 fully saturated rings. The summed E-state index contributed by atoms with van der Waals surface area (Å²) in [5.41, 5.74) is 2.12. The van der Waals surface area contributed by atoms with E-state index in [1.807, 2.05) is 18.2 Å². The van der Waals surface area contributed by atoms with Crippen LogP contribution in [0.3, 0.4) is 0 Å². The Hall–Kier alpha value is -1.86. The highest BCUT2D eigenvalue weighted by Gasteiger charge is 2.30. The Morgan fingerprint density at radius 1 is 1.14 bits per heavy atom. The van der Waals surface area contributed by atoms with Crippen LogP contribution < -0.4 is 0 Å². The number of hydrogen-bond donors (Lipinski definition) is 2. The van der Waals surface area contributed by atoms with Gasteiger partial charge in [-0.3, -0.25) is 4.79 Å². The third kappa shape index (κ3) is 4.85. The van der Waals surface area contributed by atoms with Crippen molar-refractivity contribution in [2.75, 3.05) is 19.6 Å². The fourth-order valence-electron chi connectivity index (χ4n) is 2.07. The molecule has 2 rings (SSSR count). The molecule has 22 heavy (non-hydrogen) atoms. The van der Waals surface area contributed by atoms with Gasteiger partial charge in [-0.2, -0.15) is 0 Å². The van der Waals surface area contributed by atoms with Gasteiger partial charge < -0.3 is 15.1 Å². The molecule has 1 aromatic carbocycles. The Bertz CT molecular complexity index is 545. The third-order valence-electron chi connectivity index (χ3n) is 3.28. The van der Waals surface area contributed by atoms with Crippen LogP contribution in [0.15, 0.2) is 24.3 Å². The zero-order valence-electron chi connectivity index (χ0n) is 12.5. The lowest BCUT2D eigenvalue weighted by Gasteiger charge is -2.21. The van der Waals surface area contributed by atoms with Crippen LogP contribution in [0.2, 0.25) is 0 Å². The van der Waals surface area contributed by atoms with Crippen LogP contribution in [0, 0.1) is 0 Å². The van der Waals surface area contributed by atoms with Crippen molar-refractivity contribution in [1.82, 2.24) is 4.90 Å². The number of aliphatic carboxylic acids is 2. The highest BCUT2D eigenvalue weighted by molar-refractivity contribution is 8.14. The van der Waals surface area contributed by atoms with Crippen LogP contribution in [0.4, 0.5) is 0 Å². The van der Waals surface area contributed by atoms with Crippen LogP contribution >= 0.6 is 11.8 Å². The first-order chi connectivity index (χ1) is 10.4. The summed E-state index contributed by atoms with van der Waals surface area (Å²) in [6.45, 7) is 7.39. The van der Waals surface area contributed by atoms with E-state index in [2.05, 4.69) is 24.8 Å². The standard InChI is InChI=1S/C13H17NOS.C2H2O4/c1-3-14(4-2)9-12-10-7-5-6-8-11(10)13(15)16-12;3-1(4)2(5)6/h5-8,12H,3-4,9H2,1-2H3;(H,3,4)(H,5,6). The van der Waals surface area contributed by atoms with E-state index >= 15 is 0 Å². The Morgan fingerprint density at radius 2 is 1.68 bits per heavy atom. The first kappa shape index (κ1) is 18.2. The third-order valence-corrected chi connectivity index (χ3v) is 4.40. The molecule has 1 unspecified atom stereocenters. The summed E-state index contributed by atoms with van der Waals surface area (Å²) in [6, 6.07) is 7.98. The van der Waals surface area contributed by atoms with Gasteiger partial charge in [0.2, 0.25) is 5.12 Å². The molecule has 1 heterocycles. The molecule has 0 spiro atoms. The Balaban J connectivity index is 0.000000346. The van der Waals surface area contributed by atoms with Gasteiger partial charge in [0, 0.05) is 12.1 Å². The second kappa shape index (κ2) is 8.55. The van der Waals surface area contributed by atoms with Gasteiger partial charge in [0.15, 0.2) is 0 Å². The van der Waals surface area contributed by atoms with Gasteiger partial charge in [-0.25, -0.2) is 9.59 Å². The highest BCUT2D eigenvalue weighted by Crippen LogP contribution is 2.41. The summed E-state index contributed by atoms with van der Waals surface area (Å²) in [6.07, 6.45) is 0. The molecule has 6 nitrogen and oxygen atoms in total. The molecule has 1 aliphatic heterocycles. The minimum Gasteiger partial charge on any atom is -0.473 e. The lowest BCUT2D eigenvalue weighted by atomic mass is 10.1. The van der Waals surface area contributed by atoms with E-state index in [1.54, 1.807) is 0 Å². The summed E-state index contributed by atoms with van der Waals surface area (Å²) in [5.74, 6) is -3.65. The Labute approximate surface area is 133 Å². The van der Waals surface area contributed by atoms with Gasteiger partial charge in [-0.15, -0.1) is 0 Å². The highest BCUT2D eigenvalue weighted by atomic mass is 32.2. The second-order valence-corrected chi connectivity index (χ2v) is 5.75. The molecule has 7 heteroatoms. The number of benzene rings is 1. The number of nitrogens with zero attached hydrogens (tertiary/aromatic N) is 1. The van der Waals surface area contributed by atoms with Gasteiger partial charge in [0.25, 0.3) is 0 Å². The number of carboxylic acid groups (broad SMARTS) is 2. The zero-order chi connectivity index (χ0) is 16.7. The number of thioether (sulfide) groups is 1. The monoisotopic (exact) mass is 325 g/mol. The molecule has 1 aliphatic rings. The van der Waals surface area contributed by atoms with Crippen molar-refractivity contribution in [3.05, 3.63) is 35.4 Å². The summed E-state index contributed by atoms with van der Waals surface area (Å²) in [5, 5.41) is 15.3. The fraction of sp³-hybridized carbons (Fsp3) is 0.400. The van der Waals surface area contributed by atoms with Crippen LogP contribution in [0.25, 0.3) is 0 Å². The normalized spacial score (nSPS) is 16.0. The zero-order valence-corrected chi connectivity index (χ0v) is 13.3. The van der Waals surface area contributed by atoms with E-state index in [4.69, 9.17) is 19.8 Å². The predicted octanol–water partition coefficient (Wildman–Crippen LogP) is 2.11. The molecule has 0 aliphatic carbocycles. The lowest BCUT2D eigenvalue weighted by molar-refractivity contribution is -0.159. The molecule has 2 N–H and O–H groups in total. The summed E-state index contributed by atoms with van der Waals surface area (Å²) in [7, 11) is 0. The summed E-state index contributed by atoms with van der Waals surface area (Å²) >= 11 is 1.47. The second-order valence-electron chi connectivity index (χ2n) is 4.58. The van der Waals surface area contributed by atoms with E-state index in [0.29, 0.717) is 5.25 Å². The van der Waals surface area contributed by atoms with E-state index in [1.165, 1.54) is 17.3 Å². The lowest BCUT2D eigenvalue weighted by Crippen LogP contribution is -2.26. The minimum absolute atomic E-state index is 0.229. The molecular weight excluding hydrogens is 306 g/mol. The molecule has 0 saturated carbocycles. The molecule has 0 aromatic heterocycles. The maximum absolute atomic E-state index is 11.8. The minimum atomic E-state index is -1.82. The first-order valence-corrected chi connectivity index (χ1v) is 7.77. The Kier molecular flexibility index (Phi) is 7.07. The summed E-state index contributed by atoms with van der Waals surface area (Å²) in [4.78, 5) is 32.3. The maximum Gasteiger partial charge on any atom is 0.414 e. The number of rotatable bonds is 4. The smallest absolute Gasteiger partial charge is 0.414 e. The average Bonchev–Trinajstić information content (AvgIpc) is 2.82. The maximum atomic E-state index is 11.8. The molecule has 1 atom stereocenters. The van der Waals surface area contributed by atoms with Gasteiger partial charge in [0.05, 0.1) is 5.25 Å². The SMILES string of the molecule is CCN(CC)CC1SC(=O)c2ccccc21.O=C(O)C(=O)O. The Morgan fingerprint density at radius 3 is 2.18 bits per heavy atom. The molecule has 0 amide bonds. The van der Waals surface area contributed by atoms with Crippen LogP contribution in [0.5, 0.6) is 0 Å². The van der Waals surface area contributed by atoms with E-state index in [9.17, 15) is 4.79 Å². The molecule has 120 valence electrons. The molecular formula is C15H19NO5S. The number of carbonyl (C=O) groups excluding carboxylic acids is 1. The molecule has 1 aromatic rings. The van der Waals surface area contributed by atoms with E-state index in [-0.39, 0.29) is 5.12 Å².